The molecule has 0 bridgehead atoms. The second-order valence-corrected chi connectivity index (χ2v) is 9.28. The zero-order valence-electron chi connectivity index (χ0n) is 19.0. The van der Waals surface area contributed by atoms with E-state index in [1.54, 1.807) is 46.8 Å². The molecule has 1 saturated heterocycles. The molecule has 0 unspecified atom stereocenters. The second kappa shape index (κ2) is 9.64. The van der Waals surface area contributed by atoms with Gasteiger partial charge in [0, 0.05) is 38.3 Å². The number of carbonyl (C=O) groups excluding carboxylic acids is 2. The highest BCUT2D eigenvalue weighted by atomic mass is 19.1. The summed E-state index contributed by atoms with van der Waals surface area (Å²) in [5.41, 5.74) is -0.568. The number of nitrogens with zero attached hydrogens (tertiary/aromatic N) is 2. The van der Waals surface area contributed by atoms with E-state index in [0.29, 0.717) is 5.69 Å². The van der Waals surface area contributed by atoms with Gasteiger partial charge in [0.2, 0.25) is 0 Å². The van der Waals surface area contributed by atoms with E-state index in [1.165, 1.54) is 6.07 Å². The fourth-order valence-corrected chi connectivity index (χ4v) is 3.24. The van der Waals surface area contributed by atoms with Crippen LogP contribution in [-0.2, 0) is 4.74 Å². The molecule has 1 heterocycles. The molecule has 0 aliphatic carbocycles. The van der Waals surface area contributed by atoms with Gasteiger partial charge in [0.15, 0.2) is 0 Å². The number of halogens is 1. The van der Waals surface area contributed by atoms with E-state index in [1.807, 2.05) is 4.90 Å². The van der Waals surface area contributed by atoms with Gasteiger partial charge in [0.1, 0.15) is 11.4 Å². The SMILES string of the molecule is CCN1CCN(c2ccc(C(=O)NC(C)(C)CNC(=O)OC(C)(C)C)cc2F)CC1. The van der Waals surface area contributed by atoms with Crippen molar-refractivity contribution in [3.8, 4) is 0 Å². The molecule has 1 aromatic rings. The Kier molecular flexibility index (Phi) is 7.69. The Labute approximate surface area is 178 Å². The molecule has 0 spiro atoms. The third-order valence-electron chi connectivity index (χ3n) is 4.90. The largest absolute Gasteiger partial charge is 0.444 e. The number of hydrogen-bond acceptors (Lipinski definition) is 5. The molecule has 7 nitrogen and oxygen atoms in total. The van der Waals surface area contributed by atoms with Crippen molar-refractivity contribution >= 4 is 17.7 Å². The van der Waals surface area contributed by atoms with Crippen molar-refractivity contribution in [1.29, 1.82) is 0 Å². The lowest BCUT2D eigenvalue weighted by molar-refractivity contribution is 0.0509. The molecule has 2 N–H and O–H groups in total. The molecule has 1 fully saturated rings. The first-order valence-corrected chi connectivity index (χ1v) is 10.5. The number of amides is 2. The summed E-state index contributed by atoms with van der Waals surface area (Å²) in [7, 11) is 0. The summed E-state index contributed by atoms with van der Waals surface area (Å²) in [6.07, 6.45) is -0.552. The first-order chi connectivity index (χ1) is 13.9. The van der Waals surface area contributed by atoms with E-state index in [0.717, 1.165) is 32.7 Å². The van der Waals surface area contributed by atoms with Crippen LogP contribution in [0.2, 0.25) is 0 Å². The minimum Gasteiger partial charge on any atom is -0.444 e. The lowest BCUT2D eigenvalue weighted by atomic mass is 10.0. The van der Waals surface area contributed by atoms with Crippen LogP contribution in [0.5, 0.6) is 0 Å². The molecule has 0 saturated carbocycles. The van der Waals surface area contributed by atoms with Gasteiger partial charge in [0.25, 0.3) is 5.91 Å². The summed E-state index contributed by atoms with van der Waals surface area (Å²) in [6, 6.07) is 4.57. The number of nitrogens with one attached hydrogen (secondary N) is 2. The van der Waals surface area contributed by atoms with Gasteiger partial charge in [-0.1, -0.05) is 6.92 Å². The Morgan fingerprint density at radius 1 is 1.10 bits per heavy atom. The van der Waals surface area contributed by atoms with Gasteiger partial charge in [-0.2, -0.15) is 0 Å². The summed E-state index contributed by atoms with van der Waals surface area (Å²) < 4.78 is 19.9. The lowest BCUT2D eigenvalue weighted by Crippen LogP contribution is -2.52. The van der Waals surface area contributed by atoms with Crippen molar-refractivity contribution in [3.63, 3.8) is 0 Å². The average Bonchev–Trinajstić information content (AvgIpc) is 2.65. The smallest absolute Gasteiger partial charge is 0.407 e. The minimum absolute atomic E-state index is 0.177. The summed E-state index contributed by atoms with van der Waals surface area (Å²) in [6.45, 7) is 15.5. The zero-order valence-corrected chi connectivity index (χ0v) is 19.0. The number of carbonyl (C=O) groups is 2. The maximum atomic E-state index is 14.7. The van der Waals surface area contributed by atoms with Crippen molar-refractivity contribution in [3.05, 3.63) is 29.6 Å². The number of likely N-dealkylation sites (N-methyl/N-ethyl adjacent to an activating group) is 1. The Morgan fingerprint density at radius 3 is 2.27 bits per heavy atom. The van der Waals surface area contributed by atoms with Gasteiger partial charge >= 0.3 is 6.09 Å². The standard InChI is InChI=1S/C22H35FN4O3/c1-7-26-10-12-27(13-11-26)18-9-8-16(14-17(18)23)19(28)25-22(5,6)15-24-20(29)30-21(2,3)4/h8-9,14H,7,10-13,15H2,1-6H3,(H,24,29)(H,25,28). The molecule has 2 rings (SSSR count). The molecule has 1 aromatic carbocycles. The van der Waals surface area contributed by atoms with Gasteiger partial charge in [-0.25, -0.2) is 9.18 Å². The number of hydrogen-bond donors (Lipinski definition) is 2. The van der Waals surface area contributed by atoms with Crippen LogP contribution < -0.4 is 15.5 Å². The Bertz CT molecular complexity index is 753. The van der Waals surface area contributed by atoms with Crippen LogP contribution in [0.15, 0.2) is 18.2 Å². The Hall–Kier alpha value is -2.35. The minimum atomic E-state index is -0.736. The molecular formula is C22H35FN4O3. The summed E-state index contributed by atoms with van der Waals surface area (Å²) in [4.78, 5) is 28.8. The third kappa shape index (κ3) is 7.16. The van der Waals surface area contributed by atoms with E-state index >= 15 is 0 Å². The van der Waals surface area contributed by atoms with Crippen molar-refractivity contribution in [2.45, 2.75) is 52.7 Å². The number of alkyl carbamates (subject to hydrolysis) is 1. The van der Waals surface area contributed by atoms with E-state index in [4.69, 9.17) is 4.74 Å². The van der Waals surface area contributed by atoms with Crippen LogP contribution in [0.3, 0.4) is 0 Å². The molecular weight excluding hydrogens is 387 g/mol. The van der Waals surface area contributed by atoms with Crippen molar-refractivity contribution in [2.24, 2.45) is 0 Å². The van der Waals surface area contributed by atoms with Gasteiger partial charge in [-0.05, 0) is 59.4 Å². The van der Waals surface area contributed by atoms with Crippen LogP contribution in [0, 0.1) is 5.82 Å². The molecule has 1 aliphatic rings. The zero-order chi connectivity index (χ0) is 22.5. The van der Waals surface area contributed by atoms with Crippen LogP contribution in [0.25, 0.3) is 0 Å². The van der Waals surface area contributed by atoms with E-state index in [2.05, 4.69) is 22.5 Å². The normalized spacial score (nSPS) is 15.6. The van der Waals surface area contributed by atoms with Crippen molar-refractivity contribution in [2.75, 3.05) is 44.2 Å². The molecule has 30 heavy (non-hydrogen) atoms. The van der Waals surface area contributed by atoms with Crippen LogP contribution in [0.1, 0.15) is 51.9 Å². The Balaban J connectivity index is 1.94. The monoisotopic (exact) mass is 422 g/mol. The van der Waals surface area contributed by atoms with E-state index in [-0.39, 0.29) is 12.1 Å². The highest BCUT2D eigenvalue weighted by Gasteiger charge is 2.25. The first kappa shape index (κ1) is 23.9. The second-order valence-electron chi connectivity index (χ2n) is 9.28. The van der Waals surface area contributed by atoms with Gasteiger partial charge < -0.3 is 25.2 Å². The van der Waals surface area contributed by atoms with Crippen molar-refractivity contribution in [1.82, 2.24) is 15.5 Å². The van der Waals surface area contributed by atoms with Crippen LogP contribution >= 0.6 is 0 Å². The topological polar surface area (TPSA) is 73.9 Å². The lowest BCUT2D eigenvalue weighted by Gasteiger charge is -2.35. The van der Waals surface area contributed by atoms with Gasteiger partial charge in [0.05, 0.1) is 11.2 Å². The molecule has 1 aliphatic heterocycles. The molecule has 2 amide bonds. The van der Waals surface area contributed by atoms with Crippen molar-refractivity contribution < 1.29 is 18.7 Å². The molecule has 0 radical (unpaired) electrons. The third-order valence-corrected chi connectivity index (χ3v) is 4.90. The number of anilines is 1. The van der Waals surface area contributed by atoms with Gasteiger partial charge in [-0.15, -0.1) is 0 Å². The fourth-order valence-electron chi connectivity index (χ4n) is 3.24. The highest BCUT2D eigenvalue weighted by molar-refractivity contribution is 5.95. The quantitative estimate of drug-likeness (QED) is 0.737. The van der Waals surface area contributed by atoms with E-state index in [9.17, 15) is 14.0 Å². The molecule has 168 valence electrons. The Morgan fingerprint density at radius 2 is 1.73 bits per heavy atom. The van der Waals surface area contributed by atoms with Crippen LogP contribution in [-0.4, -0.2) is 67.3 Å². The summed E-state index contributed by atoms with van der Waals surface area (Å²) >= 11 is 0. The number of benzene rings is 1. The molecule has 0 aromatic heterocycles. The fraction of sp³-hybridized carbons (Fsp3) is 0.636. The maximum absolute atomic E-state index is 14.7. The average molecular weight is 423 g/mol. The molecule has 8 heteroatoms. The first-order valence-electron chi connectivity index (χ1n) is 10.5. The summed E-state index contributed by atoms with van der Waals surface area (Å²) in [5.74, 6) is -0.801. The number of rotatable bonds is 6. The number of ether oxygens (including phenoxy) is 1. The van der Waals surface area contributed by atoms with Crippen LogP contribution in [0.4, 0.5) is 14.9 Å². The predicted octanol–water partition coefficient (Wildman–Crippen LogP) is 3.00. The maximum Gasteiger partial charge on any atom is 0.407 e. The van der Waals surface area contributed by atoms with E-state index < -0.39 is 29.0 Å². The number of piperazine rings is 1. The highest BCUT2D eigenvalue weighted by Crippen LogP contribution is 2.22. The molecule has 0 atom stereocenters. The predicted molar refractivity (Wildman–Crippen MR) is 117 cm³/mol. The summed E-state index contributed by atoms with van der Waals surface area (Å²) in [5, 5.41) is 5.48. The van der Waals surface area contributed by atoms with Gasteiger partial charge in [-0.3, -0.25) is 4.79 Å².